The van der Waals surface area contributed by atoms with Crippen molar-refractivity contribution in [1.29, 1.82) is 0 Å². The molecule has 33 heavy (non-hydrogen) atoms. The van der Waals surface area contributed by atoms with Crippen LogP contribution in [0.1, 0.15) is 35.9 Å². The normalized spacial score (nSPS) is 19.5. The molecular weight excluding hydrogens is 419 g/mol. The smallest absolute Gasteiger partial charge is 0.163 e. The van der Waals surface area contributed by atoms with Crippen LogP contribution in [0.15, 0.2) is 78.0 Å². The van der Waals surface area contributed by atoms with Crippen LogP contribution in [0.25, 0.3) is 0 Å². The lowest BCUT2D eigenvalue weighted by Gasteiger charge is -2.30. The van der Waals surface area contributed by atoms with Crippen LogP contribution in [0.2, 0.25) is 0 Å². The van der Waals surface area contributed by atoms with Gasteiger partial charge in [-0.15, -0.1) is 0 Å². The van der Waals surface area contributed by atoms with E-state index in [2.05, 4.69) is 10.6 Å². The minimum Gasteiger partial charge on any atom is -0.493 e. The predicted octanol–water partition coefficient (Wildman–Crippen LogP) is 5.82. The Kier molecular flexibility index (Phi) is 5.50. The van der Waals surface area contributed by atoms with Gasteiger partial charge in [-0.2, -0.15) is 0 Å². The summed E-state index contributed by atoms with van der Waals surface area (Å²) in [6.45, 7) is 0. The number of anilines is 2. The number of allylic oxidation sites excluding steroid dienone is 1. The lowest BCUT2D eigenvalue weighted by molar-refractivity contribution is -0.116. The highest BCUT2D eigenvalue weighted by molar-refractivity contribution is 6.01. The summed E-state index contributed by atoms with van der Waals surface area (Å²) < 4.78 is 24.4. The average molecular weight is 445 g/mol. The largest absolute Gasteiger partial charge is 0.493 e. The molecule has 0 saturated heterocycles. The Morgan fingerprint density at radius 2 is 1.55 bits per heavy atom. The van der Waals surface area contributed by atoms with Gasteiger partial charge < -0.3 is 20.1 Å². The Morgan fingerprint density at radius 3 is 2.27 bits per heavy atom. The van der Waals surface area contributed by atoms with E-state index < -0.39 is 0 Å². The molecule has 1 heterocycles. The SMILES string of the molecule is COc1ccc([C@H]2CC(=O)C3=C(C2)Nc2ccccc2N[C@H]3c2ccc(F)cc2)cc1OC. The maximum absolute atomic E-state index is 13.6. The number of fused-ring (bicyclic) bond motifs is 1. The first-order valence-electron chi connectivity index (χ1n) is 10.9. The van der Waals surface area contributed by atoms with Gasteiger partial charge in [0.25, 0.3) is 0 Å². The molecule has 0 fully saturated rings. The van der Waals surface area contributed by atoms with Crippen molar-refractivity contribution in [2.75, 3.05) is 24.9 Å². The number of hydrogen-bond acceptors (Lipinski definition) is 5. The van der Waals surface area contributed by atoms with Crippen LogP contribution in [0.5, 0.6) is 11.5 Å². The second kappa shape index (κ2) is 8.62. The van der Waals surface area contributed by atoms with Crippen molar-refractivity contribution in [3.63, 3.8) is 0 Å². The summed E-state index contributed by atoms with van der Waals surface area (Å²) in [5.74, 6) is 1.07. The molecule has 1 aliphatic heterocycles. The molecule has 1 aliphatic carbocycles. The molecule has 2 N–H and O–H groups in total. The maximum atomic E-state index is 13.6. The van der Waals surface area contributed by atoms with Gasteiger partial charge in [0.2, 0.25) is 0 Å². The molecule has 0 aromatic heterocycles. The van der Waals surface area contributed by atoms with Crippen LogP contribution in [-0.2, 0) is 4.79 Å². The number of para-hydroxylation sites is 2. The molecule has 3 aromatic carbocycles. The van der Waals surface area contributed by atoms with Crippen LogP contribution in [0, 0.1) is 5.82 Å². The number of carbonyl (C=O) groups is 1. The first-order chi connectivity index (χ1) is 16.1. The Bertz CT molecular complexity index is 1240. The van der Waals surface area contributed by atoms with E-state index in [0.717, 1.165) is 28.2 Å². The minimum atomic E-state index is -0.365. The average Bonchev–Trinajstić information content (AvgIpc) is 3.01. The molecule has 2 atom stereocenters. The van der Waals surface area contributed by atoms with Gasteiger partial charge in [0.05, 0.1) is 31.6 Å². The first kappa shape index (κ1) is 21.1. The molecular formula is C27H25FN2O3. The van der Waals surface area contributed by atoms with Crippen molar-refractivity contribution in [3.8, 4) is 11.5 Å². The molecule has 0 amide bonds. The molecule has 0 unspecified atom stereocenters. The number of rotatable bonds is 4. The minimum absolute atomic E-state index is 0.00249. The fraction of sp³-hybridized carbons (Fsp3) is 0.222. The lowest BCUT2D eigenvalue weighted by Crippen LogP contribution is -2.26. The van der Waals surface area contributed by atoms with Crippen molar-refractivity contribution < 1.29 is 18.7 Å². The highest BCUT2D eigenvalue weighted by atomic mass is 19.1. The fourth-order valence-electron chi connectivity index (χ4n) is 4.74. The van der Waals surface area contributed by atoms with Gasteiger partial charge >= 0.3 is 0 Å². The number of halogens is 1. The summed E-state index contributed by atoms with van der Waals surface area (Å²) in [5, 5.41) is 7.03. The third kappa shape index (κ3) is 3.93. The highest BCUT2D eigenvalue weighted by Crippen LogP contribution is 2.45. The van der Waals surface area contributed by atoms with Crippen molar-refractivity contribution in [3.05, 3.63) is 94.9 Å². The van der Waals surface area contributed by atoms with Crippen molar-refractivity contribution in [2.24, 2.45) is 0 Å². The summed E-state index contributed by atoms with van der Waals surface area (Å²) in [6, 6.07) is 19.7. The molecule has 0 saturated carbocycles. The summed E-state index contributed by atoms with van der Waals surface area (Å²) in [6.07, 6.45) is 1.05. The summed E-state index contributed by atoms with van der Waals surface area (Å²) >= 11 is 0. The molecule has 0 radical (unpaired) electrons. The van der Waals surface area contributed by atoms with Crippen molar-refractivity contribution >= 4 is 17.2 Å². The second-order valence-electron chi connectivity index (χ2n) is 8.33. The first-order valence-corrected chi connectivity index (χ1v) is 10.9. The van der Waals surface area contributed by atoms with Gasteiger partial charge in [-0.25, -0.2) is 4.39 Å². The van der Waals surface area contributed by atoms with Gasteiger partial charge in [0, 0.05) is 17.7 Å². The van der Waals surface area contributed by atoms with Gasteiger partial charge in [-0.1, -0.05) is 30.3 Å². The van der Waals surface area contributed by atoms with Gasteiger partial charge in [0.15, 0.2) is 17.3 Å². The maximum Gasteiger partial charge on any atom is 0.163 e. The molecule has 5 nitrogen and oxygen atoms in total. The zero-order valence-electron chi connectivity index (χ0n) is 18.5. The number of methoxy groups -OCH3 is 2. The van der Waals surface area contributed by atoms with E-state index >= 15 is 0 Å². The van der Waals surface area contributed by atoms with E-state index in [4.69, 9.17) is 9.47 Å². The summed E-state index contributed by atoms with van der Waals surface area (Å²) in [7, 11) is 3.21. The van der Waals surface area contributed by atoms with Gasteiger partial charge in [-0.3, -0.25) is 4.79 Å². The Balaban J connectivity index is 1.57. The Labute approximate surface area is 192 Å². The van der Waals surface area contributed by atoms with E-state index in [1.807, 2.05) is 42.5 Å². The Morgan fingerprint density at radius 1 is 0.848 bits per heavy atom. The van der Waals surface area contributed by atoms with Crippen molar-refractivity contribution in [1.82, 2.24) is 0 Å². The number of hydrogen-bond donors (Lipinski definition) is 2. The highest BCUT2D eigenvalue weighted by Gasteiger charge is 2.36. The zero-order valence-corrected chi connectivity index (χ0v) is 18.5. The predicted molar refractivity (Wildman–Crippen MR) is 126 cm³/mol. The number of carbonyl (C=O) groups excluding carboxylic acids is 1. The molecule has 0 bridgehead atoms. The van der Waals surface area contributed by atoms with Crippen LogP contribution in [0.3, 0.4) is 0 Å². The Hall–Kier alpha value is -3.80. The monoisotopic (exact) mass is 444 g/mol. The molecule has 5 rings (SSSR count). The molecule has 6 heteroatoms. The van der Waals surface area contributed by atoms with E-state index in [0.29, 0.717) is 29.9 Å². The van der Waals surface area contributed by atoms with E-state index in [-0.39, 0.29) is 23.6 Å². The van der Waals surface area contributed by atoms with Crippen LogP contribution < -0.4 is 20.1 Å². The number of ether oxygens (including phenoxy) is 2. The summed E-state index contributed by atoms with van der Waals surface area (Å²) in [5.41, 5.74) is 5.28. The lowest BCUT2D eigenvalue weighted by atomic mass is 9.78. The standard InChI is InChI=1S/C27H25FN2O3/c1-32-24-12-9-17(15-25(24)33-2)18-13-22-26(23(31)14-18)27(16-7-10-19(28)11-8-16)30-21-6-4-3-5-20(21)29-22/h3-12,15,18,27,29-30H,13-14H2,1-2H3/t18-,27+/m1/s1. The summed E-state index contributed by atoms with van der Waals surface area (Å²) in [4.78, 5) is 13.6. The van der Waals surface area contributed by atoms with E-state index in [1.165, 1.54) is 12.1 Å². The molecule has 3 aromatic rings. The van der Waals surface area contributed by atoms with Crippen molar-refractivity contribution in [2.45, 2.75) is 24.8 Å². The fourth-order valence-corrected chi connectivity index (χ4v) is 4.74. The van der Waals surface area contributed by atoms with Gasteiger partial charge in [0.1, 0.15) is 5.82 Å². The third-order valence-electron chi connectivity index (χ3n) is 6.39. The number of nitrogens with one attached hydrogen (secondary N) is 2. The number of Topliss-reactive ketones (excluding diaryl/α,β-unsaturated/α-hetero) is 1. The molecule has 168 valence electrons. The quantitative estimate of drug-likeness (QED) is 0.531. The number of benzene rings is 3. The van der Waals surface area contributed by atoms with E-state index in [1.54, 1.807) is 26.4 Å². The molecule has 0 spiro atoms. The number of ketones is 1. The van der Waals surface area contributed by atoms with Crippen LogP contribution in [0.4, 0.5) is 15.8 Å². The molecule has 2 aliphatic rings. The topological polar surface area (TPSA) is 59.6 Å². The second-order valence-corrected chi connectivity index (χ2v) is 8.33. The van der Waals surface area contributed by atoms with E-state index in [9.17, 15) is 9.18 Å². The third-order valence-corrected chi connectivity index (χ3v) is 6.39. The van der Waals surface area contributed by atoms with Crippen LogP contribution >= 0.6 is 0 Å². The van der Waals surface area contributed by atoms with Gasteiger partial charge in [-0.05, 0) is 59.9 Å². The van der Waals surface area contributed by atoms with Crippen LogP contribution in [-0.4, -0.2) is 20.0 Å². The zero-order chi connectivity index (χ0) is 22.9.